The van der Waals surface area contributed by atoms with Gasteiger partial charge in [-0.15, -0.1) is 5.10 Å². The molecule has 2 N–H and O–H groups in total. The lowest BCUT2D eigenvalue weighted by atomic mass is 9.87. The number of imide groups is 1. The molecule has 2 aromatic carbocycles. The van der Waals surface area contributed by atoms with Gasteiger partial charge in [0.25, 0.3) is 5.91 Å². The second-order valence-electron chi connectivity index (χ2n) is 7.09. The van der Waals surface area contributed by atoms with Gasteiger partial charge >= 0.3 is 6.03 Å². The van der Waals surface area contributed by atoms with E-state index in [9.17, 15) is 14.4 Å². The van der Waals surface area contributed by atoms with Crippen molar-refractivity contribution in [1.29, 1.82) is 0 Å². The van der Waals surface area contributed by atoms with E-state index in [1.165, 1.54) is 4.68 Å². The summed E-state index contributed by atoms with van der Waals surface area (Å²) in [5.41, 5.74) is 2.50. The number of nitrogens with one attached hydrogen (secondary N) is 2. The van der Waals surface area contributed by atoms with Crippen molar-refractivity contribution in [1.82, 2.24) is 36.0 Å². The maximum absolute atomic E-state index is 13.1. The molecule has 0 radical (unpaired) electrons. The molecule has 0 spiro atoms. The van der Waals surface area contributed by atoms with Crippen LogP contribution in [0.1, 0.15) is 18.9 Å². The number of carbonyl (C=O) groups excluding carboxylic acids is 3. The van der Waals surface area contributed by atoms with Crippen LogP contribution in [0.25, 0.3) is 5.69 Å². The number of hydrogen-bond donors (Lipinski definition) is 2. The number of carbonyl (C=O) groups is 3. The van der Waals surface area contributed by atoms with Crippen molar-refractivity contribution >= 4 is 29.6 Å². The minimum atomic E-state index is -1.22. The van der Waals surface area contributed by atoms with Crippen LogP contribution in [0.4, 0.5) is 4.79 Å². The Morgan fingerprint density at radius 3 is 2.55 bits per heavy atom. The third kappa shape index (κ3) is 4.24. The summed E-state index contributed by atoms with van der Waals surface area (Å²) in [6.45, 7) is 1.80. The van der Waals surface area contributed by atoms with Crippen molar-refractivity contribution in [3.63, 3.8) is 0 Å². The number of hydrogen-bond acceptors (Lipinski definition) is 8. The fourth-order valence-electron chi connectivity index (χ4n) is 3.48. The molecule has 1 aliphatic rings. The molecule has 11 nitrogen and oxygen atoms in total. The van der Waals surface area contributed by atoms with Gasteiger partial charge in [-0.05, 0) is 46.7 Å². The average Bonchev–Trinajstić information content (AvgIpc) is 3.42. The Kier molecular flexibility index (Phi) is 6.27. The van der Waals surface area contributed by atoms with Crippen molar-refractivity contribution in [3.8, 4) is 11.4 Å². The Morgan fingerprint density at radius 2 is 1.88 bits per heavy atom. The molecule has 1 fully saturated rings. The first-order chi connectivity index (χ1) is 16.0. The second-order valence-corrected chi connectivity index (χ2v) is 8.03. The van der Waals surface area contributed by atoms with Crippen molar-refractivity contribution in [2.75, 3.05) is 12.9 Å². The molecule has 1 atom stereocenters. The summed E-state index contributed by atoms with van der Waals surface area (Å²) in [5, 5.41) is 15.4. The molecule has 1 unspecified atom stereocenters. The fourth-order valence-corrected chi connectivity index (χ4v) is 4.16. The van der Waals surface area contributed by atoms with Gasteiger partial charge in [-0.25, -0.2) is 4.79 Å². The van der Waals surface area contributed by atoms with E-state index in [0.29, 0.717) is 28.6 Å². The molecule has 1 aliphatic heterocycles. The number of ether oxygens (including phenoxy) is 1. The largest absolute Gasteiger partial charge is 0.497 e. The number of benzene rings is 2. The van der Waals surface area contributed by atoms with Crippen LogP contribution in [0.2, 0.25) is 0 Å². The minimum absolute atomic E-state index is 0.113. The van der Waals surface area contributed by atoms with Gasteiger partial charge in [0.1, 0.15) is 11.3 Å². The van der Waals surface area contributed by atoms with E-state index in [1.54, 1.807) is 62.6 Å². The van der Waals surface area contributed by atoms with Crippen molar-refractivity contribution < 1.29 is 19.1 Å². The van der Waals surface area contributed by atoms with Crippen LogP contribution < -0.4 is 15.5 Å². The van der Waals surface area contributed by atoms with Gasteiger partial charge in [0.2, 0.25) is 11.1 Å². The highest BCUT2D eigenvalue weighted by atomic mass is 32.2. The third-order valence-corrected chi connectivity index (χ3v) is 6.13. The lowest BCUT2D eigenvalue weighted by Gasteiger charge is -2.25. The summed E-state index contributed by atoms with van der Waals surface area (Å²) in [5.74, 6) is -0.513. The summed E-state index contributed by atoms with van der Waals surface area (Å²) in [6, 6.07) is 15.3. The zero-order chi connectivity index (χ0) is 23.4. The van der Waals surface area contributed by atoms with E-state index >= 15 is 0 Å². The molecule has 4 rings (SSSR count). The normalized spacial score (nSPS) is 17.7. The topological polar surface area (TPSA) is 131 Å². The Balaban J connectivity index is 1.42. The van der Waals surface area contributed by atoms with Gasteiger partial charge in [-0.1, -0.05) is 49.0 Å². The minimum Gasteiger partial charge on any atom is -0.497 e. The molecule has 4 amide bonds. The molecule has 3 aromatic rings. The number of methoxy groups -OCH3 is 1. The van der Waals surface area contributed by atoms with Gasteiger partial charge in [0.15, 0.2) is 0 Å². The van der Waals surface area contributed by atoms with Crippen molar-refractivity contribution in [2.45, 2.75) is 24.0 Å². The number of aromatic nitrogens is 4. The summed E-state index contributed by atoms with van der Waals surface area (Å²) in [7, 11) is 1.57. The van der Waals surface area contributed by atoms with Crippen LogP contribution >= 0.6 is 11.8 Å². The molecular formula is C21H21N7O4S. The first-order valence-electron chi connectivity index (χ1n) is 10.1. The molecule has 0 bridgehead atoms. The number of tetrazole rings is 1. The molecule has 0 aliphatic carbocycles. The van der Waals surface area contributed by atoms with Gasteiger partial charge in [0, 0.05) is 0 Å². The van der Waals surface area contributed by atoms with Crippen LogP contribution in [0.3, 0.4) is 0 Å². The lowest BCUT2D eigenvalue weighted by Crippen LogP contribution is -2.49. The maximum atomic E-state index is 13.1. The number of hydrazine groups is 1. The highest BCUT2D eigenvalue weighted by Gasteiger charge is 2.52. The Morgan fingerprint density at radius 1 is 1.15 bits per heavy atom. The molecule has 33 heavy (non-hydrogen) atoms. The highest BCUT2D eigenvalue weighted by Crippen LogP contribution is 2.31. The van der Waals surface area contributed by atoms with E-state index in [2.05, 4.69) is 26.3 Å². The monoisotopic (exact) mass is 467 g/mol. The number of thioether (sulfide) groups is 1. The van der Waals surface area contributed by atoms with Crippen LogP contribution in [-0.2, 0) is 15.1 Å². The number of amides is 4. The average molecular weight is 468 g/mol. The summed E-state index contributed by atoms with van der Waals surface area (Å²) >= 11 is 1.07. The van der Waals surface area contributed by atoms with E-state index in [1.807, 2.05) is 6.07 Å². The number of nitrogens with zero attached hydrogens (tertiary/aromatic N) is 5. The SMILES string of the molecule is CCC1(c2ccccc2)NC(=O)N(NC(=O)CSc2nnnn2-c2ccc(OC)cc2)C1=O. The molecule has 170 valence electrons. The Labute approximate surface area is 193 Å². The van der Waals surface area contributed by atoms with Gasteiger partial charge in [0.05, 0.1) is 18.6 Å². The zero-order valence-electron chi connectivity index (χ0n) is 17.9. The summed E-state index contributed by atoms with van der Waals surface area (Å²) < 4.78 is 6.62. The van der Waals surface area contributed by atoms with Crippen molar-refractivity contribution in [3.05, 3.63) is 60.2 Å². The van der Waals surface area contributed by atoms with E-state index < -0.39 is 23.4 Å². The van der Waals surface area contributed by atoms with Crippen LogP contribution in [-0.4, -0.2) is 55.9 Å². The molecule has 1 saturated heterocycles. The summed E-state index contributed by atoms with van der Waals surface area (Å²) in [6.07, 6.45) is 0.333. The molecule has 2 heterocycles. The quantitative estimate of drug-likeness (QED) is 0.378. The van der Waals surface area contributed by atoms with Gasteiger partial charge in [-0.2, -0.15) is 9.69 Å². The van der Waals surface area contributed by atoms with E-state index in [-0.39, 0.29) is 5.75 Å². The Hall–Kier alpha value is -3.93. The predicted molar refractivity (Wildman–Crippen MR) is 118 cm³/mol. The number of urea groups is 1. The third-order valence-electron chi connectivity index (χ3n) is 5.22. The van der Waals surface area contributed by atoms with E-state index in [0.717, 1.165) is 16.8 Å². The number of rotatable bonds is 8. The smallest absolute Gasteiger partial charge is 0.344 e. The Bertz CT molecular complexity index is 1170. The van der Waals surface area contributed by atoms with Crippen LogP contribution in [0, 0.1) is 0 Å². The first-order valence-corrected chi connectivity index (χ1v) is 11.0. The first kappa shape index (κ1) is 22.3. The molecule has 1 aromatic heterocycles. The summed E-state index contributed by atoms with van der Waals surface area (Å²) in [4.78, 5) is 38.2. The van der Waals surface area contributed by atoms with Crippen LogP contribution in [0.5, 0.6) is 5.75 Å². The highest BCUT2D eigenvalue weighted by molar-refractivity contribution is 7.99. The standard InChI is InChI=1S/C21H21N7O4S/c1-3-21(14-7-5-4-6-8-14)18(30)28(19(31)22-21)24-17(29)13-33-20-23-25-26-27(20)15-9-11-16(32-2)12-10-15/h4-12H,3,13H2,1-2H3,(H,22,31)(H,24,29). The lowest BCUT2D eigenvalue weighted by molar-refractivity contribution is -0.138. The van der Waals surface area contributed by atoms with Gasteiger partial charge < -0.3 is 10.1 Å². The molecule has 12 heteroatoms. The predicted octanol–water partition coefficient (Wildman–Crippen LogP) is 1.65. The second kappa shape index (κ2) is 9.28. The molecular weight excluding hydrogens is 446 g/mol. The maximum Gasteiger partial charge on any atom is 0.344 e. The van der Waals surface area contributed by atoms with Crippen molar-refractivity contribution in [2.24, 2.45) is 0 Å². The zero-order valence-corrected chi connectivity index (χ0v) is 18.7. The van der Waals surface area contributed by atoms with Crippen LogP contribution in [0.15, 0.2) is 59.8 Å². The fraction of sp³-hybridized carbons (Fsp3) is 0.238. The van der Waals surface area contributed by atoms with E-state index in [4.69, 9.17) is 4.74 Å². The van der Waals surface area contributed by atoms with Gasteiger partial charge in [-0.3, -0.25) is 15.0 Å². The molecule has 0 saturated carbocycles.